The number of nitrogens with one attached hydrogen (secondary N) is 1. The van der Waals surface area contributed by atoms with Crippen LogP contribution in [-0.4, -0.2) is 45.0 Å². The highest BCUT2D eigenvalue weighted by Crippen LogP contribution is 2.19. The number of anilines is 1. The Morgan fingerprint density at radius 1 is 1.44 bits per heavy atom. The van der Waals surface area contributed by atoms with Crippen molar-refractivity contribution in [3.8, 4) is 5.75 Å². The van der Waals surface area contributed by atoms with E-state index >= 15 is 0 Å². The maximum Gasteiger partial charge on any atom is 0.120 e. The van der Waals surface area contributed by atoms with Crippen LogP contribution in [-0.2, 0) is 0 Å². The number of hydrogen-bond acceptors (Lipinski definition) is 4. The Balaban J connectivity index is 2.45. The quantitative estimate of drug-likeness (QED) is 0.688. The number of hydrogen-bond donors (Lipinski definition) is 2. The zero-order valence-electron chi connectivity index (χ0n) is 11.5. The molecule has 102 valence electrons. The molecule has 0 aliphatic carbocycles. The highest BCUT2D eigenvalue weighted by atomic mass is 16.5. The number of aliphatic hydroxyl groups is 1. The average molecular weight is 252 g/mol. The smallest absolute Gasteiger partial charge is 0.120 e. The van der Waals surface area contributed by atoms with E-state index in [0.29, 0.717) is 13.1 Å². The van der Waals surface area contributed by atoms with Gasteiger partial charge in [0.15, 0.2) is 0 Å². The SMILES string of the molecule is CCCNCC(O)CN(C)c1cccc(OC)c1. The van der Waals surface area contributed by atoms with Crippen LogP contribution >= 0.6 is 0 Å². The van der Waals surface area contributed by atoms with Crippen molar-refractivity contribution < 1.29 is 9.84 Å². The zero-order valence-corrected chi connectivity index (χ0v) is 11.5. The Morgan fingerprint density at radius 2 is 2.22 bits per heavy atom. The molecule has 1 atom stereocenters. The molecular weight excluding hydrogens is 228 g/mol. The Morgan fingerprint density at radius 3 is 2.89 bits per heavy atom. The molecule has 1 aromatic carbocycles. The number of methoxy groups -OCH3 is 1. The lowest BCUT2D eigenvalue weighted by Gasteiger charge is -2.23. The van der Waals surface area contributed by atoms with E-state index in [9.17, 15) is 5.11 Å². The highest BCUT2D eigenvalue weighted by Gasteiger charge is 2.08. The van der Waals surface area contributed by atoms with Gasteiger partial charge in [-0.15, -0.1) is 0 Å². The summed E-state index contributed by atoms with van der Waals surface area (Å²) < 4.78 is 5.19. The molecule has 0 aliphatic heterocycles. The molecule has 0 radical (unpaired) electrons. The van der Waals surface area contributed by atoms with Crippen molar-refractivity contribution in [3.63, 3.8) is 0 Å². The number of aliphatic hydroxyl groups excluding tert-OH is 1. The van der Waals surface area contributed by atoms with E-state index < -0.39 is 0 Å². The van der Waals surface area contributed by atoms with Crippen LogP contribution < -0.4 is 15.0 Å². The molecule has 0 aliphatic rings. The topological polar surface area (TPSA) is 44.7 Å². The highest BCUT2D eigenvalue weighted by molar-refractivity contribution is 5.50. The standard InChI is InChI=1S/C14H24N2O2/c1-4-8-15-10-13(17)11-16(2)12-6-5-7-14(9-12)18-3/h5-7,9,13,15,17H,4,8,10-11H2,1-3H3. The van der Waals surface area contributed by atoms with Crippen molar-refractivity contribution in [2.24, 2.45) is 0 Å². The molecule has 0 fully saturated rings. The Labute approximate surface area is 110 Å². The molecule has 1 aromatic rings. The van der Waals surface area contributed by atoms with E-state index in [2.05, 4.69) is 12.2 Å². The maximum absolute atomic E-state index is 9.90. The molecule has 0 aromatic heterocycles. The second-order valence-electron chi connectivity index (χ2n) is 4.44. The number of likely N-dealkylation sites (N-methyl/N-ethyl adjacent to an activating group) is 1. The molecule has 0 spiro atoms. The summed E-state index contributed by atoms with van der Waals surface area (Å²) in [5.41, 5.74) is 1.05. The first-order valence-electron chi connectivity index (χ1n) is 6.41. The van der Waals surface area contributed by atoms with E-state index in [1.807, 2.05) is 36.2 Å². The average Bonchev–Trinajstić information content (AvgIpc) is 2.39. The second-order valence-corrected chi connectivity index (χ2v) is 4.44. The van der Waals surface area contributed by atoms with Gasteiger partial charge in [0.2, 0.25) is 0 Å². The monoisotopic (exact) mass is 252 g/mol. The van der Waals surface area contributed by atoms with Gasteiger partial charge in [0, 0.05) is 31.9 Å². The van der Waals surface area contributed by atoms with Gasteiger partial charge >= 0.3 is 0 Å². The number of nitrogens with zero attached hydrogens (tertiary/aromatic N) is 1. The minimum atomic E-state index is -0.368. The van der Waals surface area contributed by atoms with Gasteiger partial charge in [0.25, 0.3) is 0 Å². The van der Waals surface area contributed by atoms with E-state index in [-0.39, 0.29) is 6.10 Å². The summed E-state index contributed by atoms with van der Waals surface area (Å²) >= 11 is 0. The summed E-state index contributed by atoms with van der Waals surface area (Å²) in [4.78, 5) is 2.03. The Kier molecular flexibility index (Phi) is 6.54. The number of rotatable bonds is 8. The van der Waals surface area contributed by atoms with Gasteiger partial charge in [-0.05, 0) is 25.1 Å². The van der Waals surface area contributed by atoms with Gasteiger partial charge < -0.3 is 20.1 Å². The summed E-state index contributed by atoms with van der Waals surface area (Å²) in [6.45, 7) is 4.29. The molecule has 2 N–H and O–H groups in total. The molecule has 4 nitrogen and oxygen atoms in total. The summed E-state index contributed by atoms with van der Waals surface area (Å²) in [6.07, 6.45) is 0.714. The predicted octanol–water partition coefficient (Wildman–Crippen LogP) is 1.49. The van der Waals surface area contributed by atoms with E-state index in [1.54, 1.807) is 7.11 Å². The van der Waals surface area contributed by atoms with Gasteiger partial charge in [-0.2, -0.15) is 0 Å². The van der Waals surface area contributed by atoms with Crippen molar-refractivity contribution in [1.29, 1.82) is 0 Å². The van der Waals surface area contributed by atoms with Crippen LogP contribution in [0.5, 0.6) is 5.75 Å². The number of benzene rings is 1. The first kappa shape index (κ1) is 14.8. The third-order valence-corrected chi connectivity index (χ3v) is 2.79. The predicted molar refractivity (Wildman–Crippen MR) is 75.4 cm³/mol. The van der Waals surface area contributed by atoms with Crippen molar-refractivity contribution in [2.75, 3.05) is 38.7 Å². The first-order valence-corrected chi connectivity index (χ1v) is 6.41. The fourth-order valence-electron chi connectivity index (χ4n) is 1.78. The van der Waals surface area contributed by atoms with Crippen molar-refractivity contribution in [1.82, 2.24) is 5.32 Å². The summed E-state index contributed by atoms with van der Waals surface area (Å²) in [6, 6.07) is 7.84. The fourth-order valence-corrected chi connectivity index (χ4v) is 1.78. The molecule has 1 unspecified atom stereocenters. The lowest BCUT2D eigenvalue weighted by Crippen LogP contribution is -2.36. The number of ether oxygens (including phenoxy) is 1. The molecule has 0 saturated carbocycles. The lowest BCUT2D eigenvalue weighted by molar-refractivity contribution is 0.178. The van der Waals surface area contributed by atoms with Crippen LogP contribution in [0.15, 0.2) is 24.3 Å². The van der Waals surface area contributed by atoms with Crippen LogP contribution in [0.2, 0.25) is 0 Å². The van der Waals surface area contributed by atoms with Crippen molar-refractivity contribution in [2.45, 2.75) is 19.4 Å². The fraction of sp³-hybridized carbons (Fsp3) is 0.571. The molecule has 18 heavy (non-hydrogen) atoms. The molecular formula is C14H24N2O2. The molecule has 1 rings (SSSR count). The van der Waals surface area contributed by atoms with Crippen LogP contribution in [0.3, 0.4) is 0 Å². The van der Waals surface area contributed by atoms with Gasteiger partial charge in [0.1, 0.15) is 5.75 Å². The van der Waals surface area contributed by atoms with Crippen molar-refractivity contribution in [3.05, 3.63) is 24.3 Å². The molecule has 0 heterocycles. The van der Waals surface area contributed by atoms with Crippen LogP contribution in [0, 0.1) is 0 Å². The van der Waals surface area contributed by atoms with E-state index in [4.69, 9.17) is 4.74 Å². The van der Waals surface area contributed by atoms with Gasteiger partial charge in [-0.1, -0.05) is 13.0 Å². The van der Waals surface area contributed by atoms with Gasteiger partial charge in [-0.25, -0.2) is 0 Å². The van der Waals surface area contributed by atoms with Crippen LogP contribution in [0.25, 0.3) is 0 Å². The first-order chi connectivity index (χ1) is 8.67. The Bertz CT molecular complexity index is 344. The van der Waals surface area contributed by atoms with Gasteiger partial charge in [0.05, 0.1) is 13.2 Å². The molecule has 0 amide bonds. The summed E-state index contributed by atoms with van der Waals surface area (Å²) in [7, 11) is 3.63. The molecule has 0 bridgehead atoms. The third kappa shape index (κ3) is 4.94. The van der Waals surface area contributed by atoms with Crippen LogP contribution in [0.1, 0.15) is 13.3 Å². The largest absolute Gasteiger partial charge is 0.497 e. The van der Waals surface area contributed by atoms with Crippen molar-refractivity contribution >= 4 is 5.69 Å². The third-order valence-electron chi connectivity index (χ3n) is 2.79. The zero-order chi connectivity index (χ0) is 13.4. The van der Waals surface area contributed by atoms with E-state index in [0.717, 1.165) is 24.4 Å². The Hall–Kier alpha value is -1.26. The van der Waals surface area contributed by atoms with Gasteiger partial charge in [-0.3, -0.25) is 0 Å². The second kappa shape index (κ2) is 7.95. The summed E-state index contributed by atoms with van der Waals surface area (Å²) in [5.74, 6) is 0.831. The normalized spacial score (nSPS) is 12.2. The summed E-state index contributed by atoms with van der Waals surface area (Å²) in [5, 5.41) is 13.1. The minimum absolute atomic E-state index is 0.368. The molecule has 0 saturated heterocycles. The lowest BCUT2D eigenvalue weighted by atomic mass is 10.2. The minimum Gasteiger partial charge on any atom is -0.497 e. The van der Waals surface area contributed by atoms with E-state index in [1.165, 1.54) is 0 Å². The van der Waals surface area contributed by atoms with Crippen LogP contribution in [0.4, 0.5) is 5.69 Å². The maximum atomic E-state index is 9.90. The molecule has 4 heteroatoms.